The van der Waals surface area contributed by atoms with Crippen LogP contribution in [0.15, 0.2) is 24.3 Å². The largest absolute Gasteiger partial charge is 0.484 e. The second-order valence-corrected chi connectivity index (χ2v) is 5.82. The lowest BCUT2D eigenvalue weighted by Crippen LogP contribution is -2.46. The molecule has 0 spiro atoms. The third kappa shape index (κ3) is 5.39. The van der Waals surface area contributed by atoms with Gasteiger partial charge in [0.2, 0.25) is 0 Å². The van der Waals surface area contributed by atoms with Crippen LogP contribution in [0.25, 0.3) is 0 Å². The summed E-state index contributed by atoms with van der Waals surface area (Å²) in [4.78, 5) is 23.5. The third-order valence-corrected chi connectivity index (χ3v) is 3.35. The van der Waals surface area contributed by atoms with Gasteiger partial charge in [-0.05, 0) is 29.5 Å². The highest BCUT2D eigenvalue weighted by molar-refractivity contribution is 5.85. The Hall–Kier alpha value is -2.04. The molecule has 0 radical (unpaired) electrons. The maximum absolute atomic E-state index is 11.9. The molecule has 5 nitrogen and oxygen atoms in total. The number of methoxy groups -OCH3 is 1. The lowest BCUT2D eigenvalue weighted by molar-refractivity contribution is -0.146. The highest BCUT2D eigenvalue weighted by Gasteiger charge is 2.24. The van der Waals surface area contributed by atoms with Gasteiger partial charge in [0.05, 0.1) is 7.11 Å². The fourth-order valence-electron chi connectivity index (χ4n) is 1.94. The van der Waals surface area contributed by atoms with Crippen LogP contribution in [0.4, 0.5) is 0 Å². The van der Waals surface area contributed by atoms with Crippen molar-refractivity contribution in [3.05, 3.63) is 29.8 Å². The van der Waals surface area contributed by atoms with Gasteiger partial charge in [-0.3, -0.25) is 4.79 Å². The van der Waals surface area contributed by atoms with Gasteiger partial charge in [0.1, 0.15) is 11.8 Å². The standard InChI is InChI=1S/C17H25NO4/c1-11(2)13-6-8-14(9-7-13)22-10-15(19)18-16(12(3)4)17(20)21-5/h6-9,11-12,16H,10H2,1-5H3,(H,18,19). The molecule has 1 aromatic rings. The van der Waals surface area contributed by atoms with Crippen molar-refractivity contribution < 1.29 is 19.1 Å². The highest BCUT2D eigenvalue weighted by atomic mass is 16.5. The second kappa shape index (κ2) is 8.41. The van der Waals surface area contributed by atoms with Crippen molar-refractivity contribution in [3.63, 3.8) is 0 Å². The molecule has 1 rings (SSSR count). The zero-order valence-electron chi connectivity index (χ0n) is 13.9. The van der Waals surface area contributed by atoms with E-state index in [0.29, 0.717) is 11.7 Å². The second-order valence-electron chi connectivity index (χ2n) is 5.82. The monoisotopic (exact) mass is 307 g/mol. The number of nitrogens with one attached hydrogen (secondary N) is 1. The van der Waals surface area contributed by atoms with Gasteiger partial charge in [0.25, 0.3) is 5.91 Å². The van der Waals surface area contributed by atoms with Gasteiger partial charge in [-0.1, -0.05) is 39.8 Å². The number of benzene rings is 1. The van der Waals surface area contributed by atoms with E-state index in [-0.39, 0.29) is 18.4 Å². The molecule has 122 valence electrons. The summed E-state index contributed by atoms with van der Waals surface area (Å²) in [6.45, 7) is 7.77. The topological polar surface area (TPSA) is 64.6 Å². The first-order valence-corrected chi connectivity index (χ1v) is 7.45. The fraction of sp³-hybridized carbons (Fsp3) is 0.529. The van der Waals surface area contributed by atoms with Crippen LogP contribution in [0.5, 0.6) is 5.75 Å². The minimum Gasteiger partial charge on any atom is -0.484 e. The molecule has 0 aliphatic rings. The average Bonchev–Trinajstić information content (AvgIpc) is 2.49. The van der Waals surface area contributed by atoms with Crippen molar-refractivity contribution in [2.45, 2.75) is 39.7 Å². The Bertz CT molecular complexity index is 494. The molecule has 0 aromatic heterocycles. The molecule has 1 aromatic carbocycles. The minimum absolute atomic E-state index is 0.0540. The van der Waals surface area contributed by atoms with Gasteiger partial charge in [0.15, 0.2) is 6.61 Å². The Morgan fingerprint density at radius 3 is 2.14 bits per heavy atom. The first-order chi connectivity index (χ1) is 10.3. The zero-order chi connectivity index (χ0) is 16.7. The molecular weight excluding hydrogens is 282 g/mol. The third-order valence-electron chi connectivity index (χ3n) is 3.35. The SMILES string of the molecule is COC(=O)C(NC(=O)COc1ccc(C(C)C)cc1)C(C)C. The molecular formula is C17H25NO4. The molecule has 1 N–H and O–H groups in total. The zero-order valence-corrected chi connectivity index (χ0v) is 13.9. The summed E-state index contributed by atoms with van der Waals surface area (Å²) in [6, 6.07) is 6.96. The van der Waals surface area contributed by atoms with Crippen LogP contribution in [0, 0.1) is 5.92 Å². The summed E-state index contributed by atoms with van der Waals surface area (Å²) in [5, 5.41) is 2.63. The first kappa shape index (κ1) is 18.0. The Morgan fingerprint density at radius 1 is 1.09 bits per heavy atom. The lowest BCUT2D eigenvalue weighted by atomic mass is 10.0. The Kier molecular flexibility index (Phi) is 6.89. The van der Waals surface area contributed by atoms with E-state index in [1.54, 1.807) is 0 Å². The van der Waals surface area contributed by atoms with Crippen LogP contribution in [-0.2, 0) is 14.3 Å². The van der Waals surface area contributed by atoms with Crippen LogP contribution < -0.4 is 10.1 Å². The summed E-state index contributed by atoms with van der Waals surface area (Å²) in [5.74, 6) is 0.214. The number of esters is 1. The molecule has 0 saturated carbocycles. The number of hydrogen-bond donors (Lipinski definition) is 1. The highest BCUT2D eigenvalue weighted by Crippen LogP contribution is 2.18. The molecule has 0 heterocycles. The smallest absolute Gasteiger partial charge is 0.328 e. The summed E-state index contributed by atoms with van der Waals surface area (Å²) in [5.41, 5.74) is 1.21. The Labute approximate surface area is 132 Å². The predicted molar refractivity (Wildman–Crippen MR) is 84.8 cm³/mol. The number of amides is 1. The molecule has 0 bridgehead atoms. The van der Waals surface area contributed by atoms with Crippen molar-refractivity contribution in [2.75, 3.05) is 13.7 Å². The quantitative estimate of drug-likeness (QED) is 0.786. The maximum Gasteiger partial charge on any atom is 0.328 e. The molecule has 1 atom stereocenters. The average molecular weight is 307 g/mol. The van der Waals surface area contributed by atoms with E-state index in [1.807, 2.05) is 38.1 Å². The molecule has 22 heavy (non-hydrogen) atoms. The fourth-order valence-corrected chi connectivity index (χ4v) is 1.94. The van der Waals surface area contributed by atoms with E-state index < -0.39 is 12.0 Å². The predicted octanol–water partition coefficient (Wildman–Crippen LogP) is 2.50. The number of carbonyl (C=O) groups is 2. The summed E-state index contributed by atoms with van der Waals surface area (Å²) in [6.07, 6.45) is 0. The van der Waals surface area contributed by atoms with E-state index >= 15 is 0 Å². The maximum atomic E-state index is 11.9. The van der Waals surface area contributed by atoms with Gasteiger partial charge in [-0.2, -0.15) is 0 Å². The molecule has 1 unspecified atom stereocenters. The summed E-state index contributed by atoms with van der Waals surface area (Å²) in [7, 11) is 1.30. The molecule has 0 saturated heterocycles. The van der Waals surface area contributed by atoms with Crippen LogP contribution in [0.2, 0.25) is 0 Å². The van der Waals surface area contributed by atoms with E-state index in [2.05, 4.69) is 23.9 Å². The van der Waals surface area contributed by atoms with Gasteiger partial charge in [0, 0.05) is 0 Å². The molecule has 0 fully saturated rings. The van der Waals surface area contributed by atoms with Crippen LogP contribution >= 0.6 is 0 Å². The minimum atomic E-state index is -0.663. The lowest BCUT2D eigenvalue weighted by Gasteiger charge is -2.19. The van der Waals surface area contributed by atoms with Gasteiger partial charge in [-0.15, -0.1) is 0 Å². The molecule has 0 aliphatic carbocycles. The molecule has 1 amide bonds. The van der Waals surface area contributed by atoms with Gasteiger partial charge < -0.3 is 14.8 Å². The van der Waals surface area contributed by atoms with Crippen molar-refractivity contribution in [1.29, 1.82) is 0 Å². The number of carbonyl (C=O) groups excluding carboxylic acids is 2. The summed E-state index contributed by atoms with van der Waals surface area (Å²) >= 11 is 0. The van der Waals surface area contributed by atoms with Crippen molar-refractivity contribution >= 4 is 11.9 Å². The van der Waals surface area contributed by atoms with Crippen LogP contribution in [-0.4, -0.2) is 31.6 Å². The van der Waals surface area contributed by atoms with Gasteiger partial charge in [-0.25, -0.2) is 4.79 Å². The van der Waals surface area contributed by atoms with Crippen LogP contribution in [0.3, 0.4) is 0 Å². The number of rotatable bonds is 7. The molecule has 5 heteroatoms. The van der Waals surface area contributed by atoms with E-state index in [4.69, 9.17) is 4.74 Å². The van der Waals surface area contributed by atoms with E-state index in [9.17, 15) is 9.59 Å². The van der Waals surface area contributed by atoms with Crippen molar-refractivity contribution in [3.8, 4) is 5.75 Å². The normalized spacial score (nSPS) is 12.1. The van der Waals surface area contributed by atoms with E-state index in [0.717, 1.165) is 0 Å². The van der Waals surface area contributed by atoms with Gasteiger partial charge >= 0.3 is 5.97 Å². The molecule has 0 aliphatic heterocycles. The van der Waals surface area contributed by atoms with Crippen molar-refractivity contribution in [2.24, 2.45) is 5.92 Å². The van der Waals surface area contributed by atoms with Crippen LogP contribution in [0.1, 0.15) is 39.2 Å². The number of hydrogen-bond acceptors (Lipinski definition) is 4. The first-order valence-electron chi connectivity index (χ1n) is 7.45. The van der Waals surface area contributed by atoms with Crippen molar-refractivity contribution in [1.82, 2.24) is 5.32 Å². The number of ether oxygens (including phenoxy) is 2. The summed E-state index contributed by atoms with van der Waals surface area (Å²) < 4.78 is 10.1. The van der Waals surface area contributed by atoms with E-state index in [1.165, 1.54) is 12.7 Å². The Morgan fingerprint density at radius 2 is 1.68 bits per heavy atom. The Balaban J connectivity index is 2.53.